The molecule has 0 aromatic carbocycles. The second kappa shape index (κ2) is 5.35. The Balaban J connectivity index is 1.55. The van der Waals surface area contributed by atoms with Gasteiger partial charge < -0.3 is 19.9 Å². The van der Waals surface area contributed by atoms with Crippen LogP contribution in [0.1, 0.15) is 16.9 Å². The van der Waals surface area contributed by atoms with Crippen molar-refractivity contribution in [3.8, 4) is 0 Å². The number of amides is 1. The van der Waals surface area contributed by atoms with Crippen LogP contribution in [0.4, 0.5) is 0 Å². The van der Waals surface area contributed by atoms with Gasteiger partial charge in [-0.25, -0.2) is 0 Å². The number of carbonyl (C=O) groups excluding carboxylic acids is 1. The molecule has 3 atom stereocenters. The summed E-state index contributed by atoms with van der Waals surface area (Å²) >= 11 is 0. The number of aryl methyl sites for hydroxylation is 1. The maximum Gasteiger partial charge on any atom is 0.267 e. The van der Waals surface area contributed by atoms with Gasteiger partial charge in [0.1, 0.15) is 5.69 Å². The molecule has 2 aliphatic rings. The summed E-state index contributed by atoms with van der Waals surface area (Å²) in [6, 6.07) is 3.71. The van der Waals surface area contributed by atoms with Gasteiger partial charge in [-0.3, -0.25) is 4.79 Å². The van der Waals surface area contributed by atoms with Crippen molar-refractivity contribution < 1.29 is 9.53 Å². The predicted molar refractivity (Wildman–Crippen MR) is 72.0 cm³/mol. The Kier molecular flexibility index (Phi) is 3.57. The number of ether oxygens (including phenoxy) is 1. The van der Waals surface area contributed by atoms with E-state index in [0.717, 1.165) is 19.7 Å². The highest BCUT2D eigenvalue weighted by Gasteiger charge is 2.38. The zero-order valence-electron chi connectivity index (χ0n) is 11.3. The molecule has 1 amide bonds. The number of hydrogen-bond donors (Lipinski definition) is 2. The summed E-state index contributed by atoms with van der Waals surface area (Å²) in [6.07, 6.45) is 3.22. The second-order valence-electron chi connectivity index (χ2n) is 5.50. The molecule has 3 heterocycles. The fourth-order valence-electron chi connectivity index (χ4n) is 3.14. The van der Waals surface area contributed by atoms with Crippen LogP contribution in [0.5, 0.6) is 0 Å². The largest absolute Gasteiger partial charge is 0.376 e. The lowest BCUT2D eigenvalue weighted by Gasteiger charge is -2.28. The zero-order valence-corrected chi connectivity index (χ0v) is 11.3. The third kappa shape index (κ3) is 2.53. The maximum atomic E-state index is 12.0. The van der Waals surface area contributed by atoms with Crippen LogP contribution in [0.25, 0.3) is 0 Å². The molecular formula is C14H21N3O2. The van der Waals surface area contributed by atoms with Crippen LogP contribution in [0.3, 0.4) is 0 Å². The second-order valence-corrected chi connectivity index (χ2v) is 5.50. The van der Waals surface area contributed by atoms with E-state index >= 15 is 0 Å². The smallest absolute Gasteiger partial charge is 0.267 e. The van der Waals surface area contributed by atoms with Gasteiger partial charge in [0.15, 0.2) is 0 Å². The van der Waals surface area contributed by atoms with E-state index in [9.17, 15) is 4.79 Å². The van der Waals surface area contributed by atoms with Gasteiger partial charge in [0, 0.05) is 32.3 Å². The zero-order chi connectivity index (χ0) is 13.2. The molecule has 1 aromatic rings. The minimum Gasteiger partial charge on any atom is -0.376 e. The molecule has 2 aliphatic heterocycles. The predicted octanol–water partition coefficient (Wildman–Crippen LogP) is 0.379. The third-order valence-corrected chi connectivity index (χ3v) is 4.32. The number of hydrogen-bond acceptors (Lipinski definition) is 3. The molecule has 0 aliphatic carbocycles. The van der Waals surface area contributed by atoms with Crippen LogP contribution < -0.4 is 10.6 Å². The van der Waals surface area contributed by atoms with E-state index in [4.69, 9.17) is 4.74 Å². The lowest BCUT2D eigenvalue weighted by Crippen LogP contribution is -2.43. The maximum absolute atomic E-state index is 12.0. The lowest BCUT2D eigenvalue weighted by atomic mass is 9.85. The van der Waals surface area contributed by atoms with Crippen molar-refractivity contribution in [2.75, 3.05) is 26.2 Å². The highest BCUT2D eigenvalue weighted by Crippen LogP contribution is 2.30. The molecule has 104 valence electrons. The Bertz CT molecular complexity index is 457. The first kappa shape index (κ1) is 12.7. The first-order valence-electron chi connectivity index (χ1n) is 6.97. The molecule has 0 bridgehead atoms. The SMILES string of the molecule is Cn1cccc1C(=O)NC[C@H]1OC[C@H]2CCNC[C@@H]21. The summed E-state index contributed by atoms with van der Waals surface area (Å²) in [7, 11) is 1.88. The molecule has 19 heavy (non-hydrogen) atoms. The number of aromatic nitrogens is 1. The number of fused-ring (bicyclic) bond motifs is 1. The average molecular weight is 263 g/mol. The van der Waals surface area contributed by atoms with E-state index in [1.165, 1.54) is 6.42 Å². The van der Waals surface area contributed by atoms with Gasteiger partial charge in [0.25, 0.3) is 5.91 Å². The van der Waals surface area contributed by atoms with Crippen molar-refractivity contribution in [2.24, 2.45) is 18.9 Å². The Morgan fingerprint density at radius 2 is 2.53 bits per heavy atom. The molecule has 0 saturated carbocycles. The van der Waals surface area contributed by atoms with Gasteiger partial charge in [-0.2, -0.15) is 0 Å². The van der Waals surface area contributed by atoms with Crippen molar-refractivity contribution in [1.82, 2.24) is 15.2 Å². The van der Waals surface area contributed by atoms with Crippen molar-refractivity contribution in [3.63, 3.8) is 0 Å². The summed E-state index contributed by atoms with van der Waals surface area (Å²) in [5.74, 6) is 1.18. The van der Waals surface area contributed by atoms with Gasteiger partial charge in [-0.05, 0) is 31.0 Å². The minimum atomic E-state index is -0.0247. The van der Waals surface area contributed by atoms with Crippen LogP contribution in [0, 0.1) is 11.8 Å². The summed E-state index contributed by atoms with van der Waals surface area (Å²) in [5, 5.41) is 6.40. The fourth-order valence-corrected chi connectivity index (χ4v) is 3.14. The summed E-state index contributed by atoms with van der Waals surface area (Å²) in [5.41, 5.74) is 0.691. The molecule has 1 aromatic heterocycles. The van der Waals surface area contributed by atoms with Gasteiger partial charge >= 0.3 is 0 Å². The quantitative estimate of drug-likeness (QED) is 0.829. The number of rotatable bonds is 3. The highest BCUT2D eigenvalue weighted by molar-refractivity contribution is 5.92. The summed E-state index contributed by atoms with van der Waals surface area (Å²) in [4.78, 5) is 12.0. The monoisotopic (exact) mass is 263 g/mol. The molecule has 3 rings (SSSR count). The molecule has 0 radical (unpaired) electrons. The first-order valence-corrected chi connectivity index (χ1v) is 6.97. The van der Waals surface area contributed by atoms with E-state index in [-0.39, 0.29) is 12.0 Å². The van der Waals surface area contributed by atoms with Gasteiger partial charge in [0.05, 0.1) is 12.7 Å². The number of nitrogens with one attached hydrogen (secondary N) is 2. The number of nitrogens with zero attached hydrogens (tertiary/aromatic N) is 1. The van der Waals surface area contributed by atoms with E-state index < -0.39 is 0 Å². The van der Waals surface area contributed by atoms with Crippen LogP contribution >= 0.6 is 0 Å². The molecule has 2 saturated heterocycles. The lowest BCUT2D eigenvalue weighted by molar-refractivity contribution is 0.0772. The molecule has 5 heteroatoms. The van der Waals surface area contributed by atoms with Crippen LogP contribution in [0.2, 0.25) is 0 Å². The Hall–Kier alpha value is -1.33. The van der Waals surface area contributed by atoms with Crippen molar-refractivity contribution >= 4 is 5.91 Å². The topological polar surface area (TPSA) is 55.3 Å². The Morgan fingerprint density at radius 1 is 1.63 bits per heavy atom. The highest BCUT2D eigenvalue weighted by atomic mass is 16.5. The fraction of sp³-hybridized carbons (Fsp3) is 0.643. The van der Waals surface area contributed by atoms with Gasteiger partial charge in [0.2, 0.25) is 0 Å². The van der Waals surface area contributed by atoms with E-state index in [1.807, 2.05) is 29.9 Å². The van der Waals surface area contributed by atoms with Crippen molar-refractivity contribution in [2.45, 2.75) is 12.5 Å². The van der Waals surface area contributed by atoms with Gasteiger partial charge in [-0.1, -0.05) is 0 Å². The number of piperidine rings is 1. The summed E-state index contributed by atoms with van der Waals surface area (Å²) < 4.78 is 7.67. The first-order chi connectivity index (χ1) is 9.25. The minimum absolute atomic E-state index is 0.0247. The van der Waals surface area contributed by atoms with E-state index in [1.54, 1.807) is 0 Å². The van der Waals surface area contributed by atoms with Crippen LogP contribution in [0.15, 0.2) is 18.3 Å². The standard InChI is InChI=1S/C14H21N3O2/c1-17-6-2-3-12(17)14(18)16-8-13-11-7-15-5-4-10(11)9-19-13/h2-3,6,10-11,13,15H,4-5,7-9H2,1H3,(H,16,18)/t10-,11+,13-/m1/s1. The van der Waals surface area contributed by atoms with Gasteiger partial charge in [-0.15, -0.1) is 0 Å². The molecule has 5 nitrogen and oxygen atoms in total. The third-order valence-electron chi connectivity index (χ3n) is 4.32. The van der Waals surface area contributed by atoms with Crippen molar-refractivity contribution in [1.29, 1.82) is 0 Å². The van der Waals surface area contributed by atoms with Crippen LogP contribution in [-0.2, 0) is 11.8 Å². The molecular weight excluding hydrogens is 242 g/mol. The normalized spacial score (nSPS) is 30.1. The van der Waals surface area contributed by atoms with E-state index in [0.29, 0.717) is 24.1 Å². The Labute approximate surface area is 113 Å². The van der Waals surface area contributed by atoms with E-state index in [2.05, 4.69) is 10.6 Å². The summed E-state index contributed by atoms with van der Waals surface area (Å²) in [6.45, 7) is 3.55. The molecule has 2 fully saturated rings. The number of carbonyl (C=O) groups is 1. The Morgan fingerprint density at radius 3 is 3.32 bits per heavy atom. The van der Waals surface area contributed by atoms with Crippen molar-refractivity contribution in [3.05, 3.63) is 24.0 Å². The molecule has 2 N–H and O–H groups in total. The molecule has 0 unspecified atom stereocenters. The molecule has 0 spiro atoms. The average Bonchev–Trinajstić information content (AvgIpc) is 3.02. The van der Waals surface area contributed by atoms with Crippen LogP contribution in [-0.4, -0.2) is 42.8 Å².